The molecular formula is C26H31NO5. The predicted molar refractivity (Wildman–Crippen MR) is 123 cm³/mol. The van der Waals surface area contributed by atoms with E-state index in [1.807, 2.05) is 62.4 Å². The van der Waals surface area contributed by atoms with Gasteiger partial charge in [-0.1, -0.05) is 48.5 Å². The van der Waals surface area contributed by atoms with Crippen molar-refractivity contribution in [2.24, 2.45) is 0 Å². The molecule has 6 heteroatoms. The maximum Gasteiger partial charge on any atom is 0.290 e. The zero-order valence-corrected chi connectivity index (χ0v) is 18.9. The van der Waals surface area contributed by atoms with Gasteiger partial charge in [-0.2, -0.15) is 0 Å². The number of nitrogens with zero attached hydrogens (tertiary/aromatic N) is 1. The van der Waals surface area contributed by atoms with Crippen molar-refractivity contribution in [1.29, 1.82) is 0 Å². The molecule has 1 amide bonds. The molecular weight excluding hydrogens is 406 g/mol. The predicted octanol–water partition coefficient (Wildman–Crippen LogP) is 4.41. The highest BCUT2D eigenvalue weighted by Crippen LogP contribution is 2.41. The highest BCUT2D eigenvalue weighted by atomic mass is 16.5. The Bertz CT molecular complexity index is 967. The second-order valence-corrected chi connectivity index (χ2v) is 8.09. The number of ketones is 1. The molecule has 32 heavy (non-hydrogen) atoms. The lowest BCUT2D eigenvalue weighted by Gasteiger charge is -2.28. The summed E-state index contributed by atoms with van der Waals surface area (Å²) in [6.07, 6.45) is 1.42. The Morgan fingerprint density at radius 3 is 2.47 bits per heavy atom. The zero-order valence-electron chi connectivity index (χ0n) is 18.9. The number of aliphatic hydroxyl groups is 1. The van der Waals surface area contributed by atoms with Crippen LogP contribution in [0.3, 0.4) is 0 Å². The number of Topliss-reactive ketones (excluding diaryl/α,β-unsaturated/α-hetero) is 1. The van der Waals surface area contributed by atoms with Crippen LogP contribution in [-0.2, 0) is 20.7 Å². The summed E-state index contributed by atoms with van der Waals surface area (Å²) in [5, 5.41) is 10.7. The molecule has 0 fully saturated rings. The molecule has 0 aliphatic carbocycles. The topological polar surface area (TPSA) is 76.1 Å². The summed E-state index contributed by atoms with van der Waals surface area (Å²) in [6.45, 7) is 4.75. The third-order valence-electron chi connectivity index (χ3n) is 5.52. The third kappa shape index (κ3) is 5.37. The molecule has 0 bridgehead atoms. The van der Waals surface area contributed by atoms with Gasteiger partial charge in [-0.25, -0.2) is 0 Å². The first-order valence-corrected chi connectivity index (χ1v) is 11.0. The highest BCUT2D eigenvalue weighted by molar-refractivity contribution is 6.09. The van der Waals surface area contributed by atoms with Gasteiger partial charge in [0, 0.05) is 25.1 Å². The number of aliphatic hydroxyl groups excluding tert-OH is 1. The third-order valence-corrected chi connectivity index (χ3v) is 5.52. The van der Waals surface area contributed by atoms with E-state index in [4.69, 9.17) is 9.47 Å². The number of carbonyl (C=O) groups is 2. The Balaban J connectivity index is 1.88. The second-order valence-electron chi connectivity index (χ2n) is 8.09. The number of amides is 1. The van der Waals surface area contributed by atoms with Gasteiger partial charge in [0.1, 0.15) is 5.75 Å². The van der Waals surface area contributed by atoms with E-state index >= 15 is 0 Å². The van der Waals surface area contributed by atoms with Crippen LogP contribution in [0.4, 0.5) is 0 Å². The van der Waals surface area contributed by atoms with Gasteiger partial charge in [0.05, 0.1) is 24.8 Å². The molecule has 1 aliphatic heterocycles. The lowest BCUT2D eigenvalue weighted by molar-refractivity contribution is -0.129. The molecule has 2 aromatic carbocycles. The van der Waals surface area contributed by atoms with Crippen LogP contribution in [0, 0.1) is 0 Å². The molecule has 1 N–H and O–H groups in total. The lowest BCUT2D eigenvalue weighted by Crippen LogP contribution is -2.33. The molecule has 2 aromatic rings. The summed E-state index contributed by atoms with van der Waals surface area (Å²) >= 11 is 0. The van der Waals surface area contributed by atoms with E-state index in [1.165, 1.54) is 0 Å². The van der Waals surface area contributed by atoms with Crippen LogP contribution in [0.1, 0.15) is 43.9 Å². The van der Waals surface area contributed by atoms with Gasteiger partial charge in [-0.05, 0) is 38.3 Å². The first kappa shape index (κ1) is 23.5. The number of methoxy groups -OCH3 is 1. The highest BCUT2D eigenvalue weighted by Gasteiger charge is 2.43. The van der Waals surface area contributed by atoms with Crippen LogP contribution in [0.25, 0.3) is 0 Å². The fourth-order valence-corrected chi connectivity index (χ4v) is 3.98. The number of para-hydroxylation sites is 1. The maximum atomic E-state index is 13.3. The number of carbonyl (C=O) groups excluding carboxylic acids is 2. The average Bonchev–Trinajstić information content (AvgIpc) is 3.05. The number of hydrogen-bond donors (Lipinski definition) is 1. The van der Waals surface area contributed by atoms with Gasteiger partial charge < -0.3 is 19.5 Å². The van der Waals surface area contributed by atoms with E-state index in [1.54, 1.807) is 18.1 Å². The molecule has 170 valence electrons. The van der Waals surface area contributed by atoms with Crippen molar-refractivity contribution >= 4 is 11.7 Å². The first-order chi connectivity index (χ1) is 15.4. The Kier molecular flexibility index (Phi) is 8.06. The minimum Gasteiger partial charge on any atom is -0.503 e. The van der Waals surface area contributed by atoms with Crippen LogP contribution >= 0.6 is 0 Å². The molecule has 3 rings (SSSR count). The van der Waals surface area contributed by atoms with E-state index in [-0.39, 0.29) is 23.9 Å². The van der Waals surface area contributed by atoms with Crippen LogP contribution in [0.2, 0.25) is 0 Å². The van der Waals surface area contributed by atoms with Gasteiger partial charge in [-0.3, -0.25) is 9.59 Å². The smallest absolute Gasteiger partial charge is 0.290 e. The molecule has 0 spiro atoms. The Hall–Kier alpha value is -3.12. The molecule has 0 saturated heterocycles. The zero-order chi connectivity index (χ0) is 23.1. The van der Waals surface area contributed by atoms with Crippen molar-refractivity contribution in [3.05, 3.63) is 77.1 Å². The van der Waals surface area contributed by atoms with E-state index in [2.05, 4.69) is 0 Å². The number of aryl methyl sites for hydroxylation is 1. The van der Waals surface area contributed by atoms with Crippen LogP contribution in [0.15, 0.2) is 65.9 Å². The molecule has 1 unspecified atom stereocenters. The normalized spacial score (nSPS) is 16.2. The standard InChI is InChI=1S/C26H31NO5/c1-18(2)32-17-9-16-27-24(20-12-7-8-13-22(20)31-3)23(25(29)26(27)30)21(28)15-14-19-10-5-4-6-11-19/h4-8,10-13,18,24,29H,9,14-17H2,1-3H3. The summed E-state index contributed by atoms with van der Waals surface area (Å²) in [5.41, 5.74) is 1.85. The number of ether oxygens (including phenoxy) is 2. The van der Waals surface area contributed by atoms with Gasteiger partial charge in [0.15, 0.2) is 11.5 Å². The molecule has 0 aromatic heterocycles. The second kappa shape index (κ2) is 11.0. The van der Waals surface area contributed by atoms with Crippen molar-refractivity contribution in [1.82, 2.24) is 4.90 Å². The van der Waals surface area contributed by atoms with E-state index in [0.717, 1.165) is 5.56 Å². The van der Waals surface area contributed by atoms with Crippen molar-refractivity contribution < 1.29 is 24.2 Å². The summed E-state index contributed by atoms with van der Waals surface area (Å²) in [6, 6.07) is 16.3. The molecule has 6 nitrogen and oxygen atoms in total. The minimum absolute atomic E-state index is 0.0935. The molecule has 1 atom stereocenters. The Morgan fingerprint density at radius 1 is 1.09 bits per heavy atom. The SMILES string of the molecule is COc1ccccc1C1C(C(=O)CCc2ccccc2)=C(O)C(=O)N1CCCOC(C)C. The van der Waals surface area contributed by atoms with Gasteiger partial charge in [-0.15, -0.1) is 0 Å². The average molecular weight is 438 g/mol. The van der Waals surface area contributed by atoms with Crippen molar-refractivity contribution in [2.45, 2.75) is 45.3 Å². The van der Waals surface area contributed by atoms with Crippen LogP contribution in [0.5, 0.6) is 5.75 Å². The van der Waals surface area contributed by atoms with Gasteiger partial charge in [0.25, 0.3) is 5.91 Å². The number of rotatable bonds is 11. The Labute approximate surface area is 189 Å². The molecule has 0 radical (unpaired) electrons. The first-order valence-electron chi connectivity index (χ1n) is 11.0. The van der Waals surface area contributed by atoms with Gasteiger partial charge >= 0.3 is 0 Å². The quantitative estimate of drug-likeness (QED) is 0.527. The van der Waals surface area contributed by atoms with Crippen LogP contribution in [-0.4, -0.2) is 48.1 Å². The molecule has 1 heterocycles. The van der Waals surface area contributed by atoms with Crippen molar-refractivity contribution in [3.63, 3.8) is 0 Å². The van der Waals surface area contributed by atoms with Gasteiger partial charge in [0.2, 0.25) is 0 Å². The fourth-order valence-electron chi connectivity index (χ4n) is 3.98. The molecule has 0 saturated carbocycles. The Morgan fingerprint density at radius 2 is 1.78 bits per heavy atom. The number of benzene rings is 2. The molecule has 1 aliphatic rings. The summed E-state index contributed by atoms with van der Waals surface area (Å²) in [7, 11) is 1.55. The van der Waals surface area contributed by atoms with Crippen molar-refractivity contribution in [3.8, 4) is 5.75 Å². The number of hydrogen-bond acceptors (Lipinski definition) is 5. The van der Waals surface area contributed by atoms with Crippen LogP contribution < -0.4 is 4.74 Å². The van der Waals surface area contributed by atoms with E-state index in [0.29, 0.717) is 37.3 Å². The summed E-state index contributed by atoms with van der Waals surface area (Å²) < 4.78 is 11.1. The minimum atomic E-state index is -0.694. The largest absolute Gasteiger partial charge is 0.503 e. The summed E-state index contributed by atoms with van der Waals surface area (Å²) in [5.74, 6) is -0.675. The maximum absolute atomic E-state index is 13.3. The fraction of sp³-hybridized carbons (Fsp3) is 0.385. The lowest BCUT2D eigenvalue weighted by atomic mass is 9.92. The summed E-state index contributed by atoms with van der Waals surface area (Å²) in [4.78, 5) is 27.8. The van der Waals surface area contributed by atoms with Crippen molar-refractivity contribution in [2.75, 3.05) is 20.3 Å². The monoisotopic (exact) mass is 437 g/mol. The van der Waals surface area contributed by atoms with E-state index in [9.17, 15) is 14.7 Å². The van der Waals surface area contributed by atoms with E-state index < -0.39 is 17.7 Å².